The van der Waals surface area contributed by atoms with Crippen molar-refractivity contribution in [1.29, 1.82) is 0 Å². The fourth-order valence-corrected chi connectivity index (χ4v) is 4.50. The lowest BCUT2D eigenvalue weighted by Crippen LogP contribution is -2.47. The van der Waals surface area contributed by atoms with E-state index >= 15 is 0 Å². The molecule has 1 aromatic carbocycles. The number of benzene rings is 1. The Balaban J connectivity index is 1.70. The van der Waals surface area contributed by atoms with Gasteiger partial charge in [-0.1, -0.05) is 0 Å². The molecule has 0 radical (unpaired) electrons. The molecule has 9 heteroatoms. The van der Waals surface area contributed by atoms with Crippen LogP contribution in [0.25, 0.3) is 11.0 Å². The van der Waals surface area contributed by atoms with Gasteiger partial charge in [-0.05, 0) is 38.4 Å². The summed E-state index contributed by atoms with van der Waals surface area (Å²) >= 11 is 0. The van der Waals surface area contributed by atoms with Gasteiger partial charge in [-0.3, -0.25) is 19.3 Å². The number of rotatable bonds is 4. The Morgan fingerprint density at radius 1 is 0.839 bits per heavy atom. The summed E-state index contributed by atoms with van der Waals surface area (Å²) in [6.07, 6.45) is 3.39. The van der Waals surface area contributed by atoms with Crippen molar-refractivity contribution in [3.63, 3.8) is 0 Å². The Bertz CT molecular complexity index is 1090. The maximum Gasteiger partial charge on any atom is 0.316 e. The summed E-state index contributed by atoms with van der Waals surface area (Å²) in [5.74, 6) is -0.0583. The molecule has 9 nitrogen and oxygen atoms in total. The van der Waals surface area contributed by atoms with E-state index in [0.717, 1.165) is 57.8 Å². The van der Waals surface area contributed by atoms with E-state index in [-0.39, 0.29) is 5.91 Å². The molecule has 0 atom stereocenters. The Hall–Kier alpha value is -2.65. The smallest absolute Gasteiger partial charge is 0.316 e. The van der Waals surface area contributed by atoms with Gasteiger partial charge in [-0.2, -0.15) is 0 Å². The zero-order valence-corrected chi connectivity index (χ0v) is 18.7. The second kappa shape index (κ2) is 8.84. The Morgan fingerprint density at radius 2 is 1.42 bits per heavy atom. The molecule has 1 amide bonds. The normalized spacial score (nSPS) is 18.5. The maximum atomic E-state index is 12.9. The fourth-order valence-electron chi connectivity index (χ4n) is 4.50. The molecule has 2 aliphatic rings. The van der Waals surface area contributed by atoms with Gasteiger partial charge in [-0.15, -0.1) is 0 Å². The summed E-state index contributed by atoms with van der Waals surface area (Å²) in [6.45, 7) is 5.82. The first-order valence-corrected chi connectivity index (χ1v) is 11.0. The predicted molar refractivity (Wildman–Crippen MR) is 123 cm³/mol. The van der Waals surface area contributed by atoms with Gasteiger partial charge in [0, 0.05) is 53.4 Å². The number of anilines is 2. The van der Waals surface area contributed by atoms with Crippen LogP contribution in [0.2, 0.25) is 0 Å². The van der Waals surface area contributed by atoms with Crippen molar-refractivity contribution in [1.82, 2.24) is 18.9 Å². The highest BCUT2D eigenvalue weighted by atomic mass is 16.2. The van der Waals surface area contributed by atoms with Crippen LogP contribution in [0.3, 0.4) is 0 Å². The summed E-state index contributed by atoms with van der Waals surface area (Å²) in [5, 5.41) is 3.10. The molecule has 168 valence electrons. The molecule has 0 saturated carbocycles. The Morgan fingerprint density at radius 3 is 2.03 bits per heavy atom. The molecule has 0 unspecified atom stereocenters. The number of hydrogen-bond acceptors (Lipinski definition) is 6. The van der Waals surface area contributed by atoms with Gasteiger partial charge in [0.15, 0.2) is 0 Å². The quantitative estimate of drug-likeness (QED) is 0.711. The van der Waals surface area contributed by atoms with Crippen molar-refractivity contribution in [3.05, 3.63) is 32.8 Å². The molecule has 2 aromatic rings. The number of aryl methyl sites for hydroxylation is 2. The van der Waals surface area contributed by atoms with E-state index in [2.05, 4.69) is 27.1 Å². The molecule has 2 saturated heterocycles. The summed E-state index contributed by atoms with van der Waals surface area (Å²) in [6, 6.07) is 3.77. The van der Waals surface area contributed by atoms with Crippen LogP contribution in [0, 0.1) is 0 Å². The minimum absolute atomic E-state index is 0.0583. The van der Waals surface area contributed by atoms with Crippen molar-refractivity contribution in [3.8, 4) is 0 Å². The number of piperidine rings is 1. The molecule has 1 aromatic heterocycles. The van der Waals surface area contributed by atoms with Crippen LogP contribution in [-0.4, -0.2) is 77.7 Å². The lowest BCUT2D eigenvalue weighted by Gasteiger charge is -2.33. The number of amides is 1. The number of hydrogen-bond donors (Lipinski definition) is 1. The van der Waals surface area contributed by atoms with Crippen molar-refractivity contribution >= 4 is 28.3 Å². The van der Waals surface area contributed by atoms with Crippen LogP contribution in [0.4, 0.5) is 11.4 Å². The van der Waals surface area contributed by atoms with Crippen molar-refractivity contribution in [2.45, 2.75) is 19.3 Å². The van der Waals surface area contributed by atoms with E-state index in [1.807, 2.05) is 12.1 Å². The molecular formula is C22H32N6O3. The third-order valence-corrected chi connectivity index (χ3v) is 6.54. The molecule has 2 aliphatic heterocycles. The first kappa shape index (κ1) is 21.6. The molecule has 0 aliphatic carbocycles. The van der Waals surface area contributed by atoms with Crippen LogP contribution in [0.15, 0.2) is 21.7 Å². The summed E-state index contributed by atoms with van der Waals surface area (Å²) in [4.78, 5) is 44.3. The highest BCUT2D eigenvalue weighted by Gasteiger charge is 2.21. The zero-order valence-electron chi connectivity index (χ0n) is 18.7. The lowest BCUT2D eigenvalue weighted by molar-refractivity contribution is -0.117. The second-order valence-electron chi connectivity index (χ2n) is 8.76. The Kier molecular flexibility index (Phi) is 6.15. The highest BCUT2D eigenvalue weighted by Crippen LogP contribution is 2.32. The van der Waals surface area contributed by atoms with E-state index < -0.39 is 11.1 Å². The van der Waals surface area contributed by atoms with Crippen LogP contribution in [0.1, 0.15) is 19.3 Å². The fraction of sp³-hybridized carbons (Fsp3) is 0.591. The molecule has 4 rings (SSSR count). The van der Waals surface area contributed by atoms with Crippen LogP contribution in [-0.2, 0) is 18.9 Å². The SMILES string of the molecule is CN1CCN(CC(=O)Nc2cc3c(cc2N2CCCCC2)n(C)c(=O)c(=O)n3C)CC1. The van der Waals surface area contributed by atoms with Gasteiger partial charge >= 0.3 is 11.1 Å². The first-order chi connectivity index (χ1) is 14.8. The van der Waals surface area contributed by atoms with E-state index in [4.69, 9.17) is 0 Å². The summed E-state index contributed by atoms with van der Waals surface area (Å²) < 4.78 is 2.77. The van der Waals surface area contributed by atoms with Gasteiger partial charge in [0.1, 0.15) is 0 Å². The van der Waals surface area contributed by atoms with Gasteiger partial charge < -0.3 is 24.3 Å². The molecule has 0 bridgehead atoms. The minimum Gasteiger partial charge on any atom is -0.370 e. The topological polar surface area (TPSA) is 82.8 Å². The van der Waals surface area contributed by atoms with E-state index in [0.29, 0.717) is 23.3 Å². The van der Waals surface area contributed by atoms with E-state index in [1.165, 1.54) is 15.6 Å². The lowest BCUT2D eigenvalue weighted by atomic mass is 10.1. The third-order valence-electron chi connectivity index (χ3n) is 6.54. The molecule has 3 heterocycles. The number of aromatic nitrogens is 2. The molecule has 2 fully saturated rings. The van der Waals surface area contributed by atoms with Crippen molar-refractivity contribution in [2.75, 3.05) is 63.1 Å². The van der Waals surface area contributed by atoms with Gasteiger partial charge in [-0.25, -0.2) is 0 Å². The molecule has 31 heavy (non-hydrogen) atoms. The monoisotopic (exact) mass is 428 g/mol. The van der Waals surface area contributed by atoms with Crippen LogP contribution in [0.5, 0.6) is 0 Å². The Labute approximate surface area is 181 Å². The van der Waals surface area contributed by atoms with Crippen molar-refractivity contribution < 1.29 is 4.79 Å². The van der Waals surface area contributed by atoms with Crippen molar-refractivity contribution in [2.24, 2.45) is 14.1 Å². The third kappa shape index (κ3) is 4.38. The van der Waals surface area contributed by atoms with Gasteiger partial charge in [0.05, 0.1) is 29.0 Å². The number of nitrogens with one attached hydrogen (secondary N) is 1. The minimum atomic E-state index is -0.574. The highest BCUT2D eigenvalue weighted by molar-refractivity contribution is 5.99. The van der Waals surface area contributed by atoms with Gasteiger partial charge in [0.2, 0.25) is 5.91 Å². The molecule has 1 N–H and O–H groups in total. The van der Waals surface area contributed by atoms with E-state index in [9.17, 15) is 14.4 Å². The number of likely N-dealkylation sites (N-methyl/N-ethyl adjacent to an activating group) is 1. The average Bonchev–Trinajstić information content (AvgIpc) is 2.78. The molecular weight excluding hydrogens is 396 g/mol. The second-order valence-corrected chi connectivity index (χ2v) is 8.76. The zero-order chi connectivity index (χ0) is 22.1. The maximum absolute atomic E-state index is 12.9. The number of carbonyl (C=O) groups excluding carboxylic acids is 1. The summed E-state index contributed by atoms with van der Waals surface area (Å²) in [7, 11) is 5.31. The number of fused-ring (bicyclic) bond motifs is 1. The largest absolute Gasteiger partial charge is 0.370 e. The van der Waals surface area contributed by atoms with Gasteiger partial charge in [0.25, 0.3) is 0 Å². The predicted octanol–water partition coefficient (Wildman–Crippen LogP) is 0.413. The van der Waals surface area contributed by atoms with E-state index in [1.54, 1.807) is 14.1 Å². The first-order valence-electron chi connectivity index (χ1n) is 11.0. The molecule has 0 spiro atoms. The number of piperazine rings is 1. The number of carbonyl (C=O) groups is 1. The summed E-state index contributed by atoms with van der Waals surface area (Å²) in [5.41, 5.74) is 1.80. The average molecular weight is 429 g/mol. The standard InChI is InChI=1S/C22H32N6O3/c1-24-9-11-27(12-10-24)15-20(29)23-16-13-18-19(26(3)22(31)21(30)25(18)2)14-17(16)28-7-5-4-6-8-28/h13-14H,4-12,15H2,1-3H3,(H,23,29). The van der Waals surface area contributed by atoms with Crippen LogP contribution >= 0.6 is 0 Å². The van der Waals surface area contributed by atoms with Crippen LogP contribution < -0.4 is 21.3 Å². The number of nitrogens with zero attached hydrogens (tertiary/aromatic N) is 5.